The van der Waals surface area contributed by atoms with E-state index in [4.69, 9.17) is 4.42 Å². The topological polar surface area (TPSA) is 96.9 Å². The number of furan rings is 1. The van der Waals surface area contributed by atoms with Gasteiger partial charge in [0.05, 0.1) is 16.4 Å². The lowest BCUT2D eigenvalue weighted by molar-refractivity contribution is -0.384. The molecule has 0 spiro atoms. The molecule has 1 aromatic carbocycles. The fraction of sp³-hybridized carbons (Fsp3) is 0.412. The zero-order valence-corrected chi connectivity index (χ0v) is 16.1. The lowest BCUT2D eigenvalue weighted by Gasteiger charge is -2.21. The van der Waals surface area contributed by atoms with E-state index in [9.17, 15) is 18.5 Å². The van der Waals surface area contributed by atoms with Gasteiger partial charge in [-0.05, 0) is 31.2 Å². The van der Waals surface area contributed by atoms with E-state index in [0.717, 1.165) is 11.8 Å². The van der Waals surface area contributed by atoms with Crippen LogP contribution in [0.4, 0.5) is 11.4 Å². The highest BCUT2D eigenvalue weighted by Gasteiger charge is 2.26. The fourth-order valence-corrected chi connectivity index (χ4v) is 4.21. The Balaban J connectivity index is 2.41. The Morgan fingerprint density at radius 1 is 1.15 bits per heavy atom. The molecule has 0 N–H and O–H groups in total. The van der Waals surface area contributed by atoms with Crippen molar-refractivity contribution in [3.8, 4) is 0 Å². The van der Waals surface area contributed by atoms with Crippen molar-refractivity contribution in [3.63, 3.8) is 0 Å². The van der Waals surface area contributed by atoms with Crippen molar-refractivity contribution < 1.29 is 17.8 Å². The van der Waals surface area contributed by atoms with E-state index in [2.05, 4.69) is 0 Å². The number of anilines is 1. The molecule has 0 aliphatic carbocycles. The molecule has 8 nitrogen and oxygen atoms in total. The number of hydrogen-bond donors (Lipinski definition) is 0. The number of nitro groups is 1. The average molecular weight is 381 g/mol. The summed E-state index contributed by atoms with van der Waals surface area (Å²) in [5, 5.41) is 11.5. The summed E-state index contributed by atoms with van der Waals surface area (Å²) in [6.45, 7) is 6.19. The van der Waals surface area contributed by atoms with Crippen LogP contribution in [0.5, 0.6) is 0 Å². The highest BCUT2D eigenvalue weighted by Crippen LogP contribution is 2.32. The van der Waals surface area contributed by atoms with Crippen LogP contribution in [-0.4, -0.2) is 37.8 Å². The van der Waals surface area contributed by atoms with Crippen LogP contribution in [0.1, 0.15) is 25.4 Å². The van der Waals surface area contributed by atoms with E-state index in [1.54, 1.807) is 31.9 Å². The molecule has 1 heterocycles. The van der Waals surface area contributed by atoms with Gasteiger partial charge in [0.25, 0.3) is 5.69 Å². The number of benzene rings is 1. The lowest BCUT2D eigenvalue weighted by atomic mass is 10.2. The monoisotopic (exact) mass is 381 g/mol. The molecular formula is C17H23N3O5S. The molecule has 2 rings (SSSR count). The molecular weight excluding hydrogens is 358 g/mol. The van der Waals surface area contributed by atoms with Crippen LogP contribution >= 0.6 is 0 Å². The van der Waals surface area contributed by atoms with Gasteiger partial charge in [0, 0.05) is 26.2 Å². The first-order valence-corrected chi connectivity index (χ1v) is 9.69. The maximum atomic E-state index is 12.6. The van der Waals surface area contributed by atoms with Crippen molar-refractivity contribution in [2.45, 2.75) is 32.2 Å². The first kappa shape index (κ1) is 19.9. The van der Waals surface area contributed by atoms with Crippen LogP contribution in [0, 0.1) is 17.0 Å². The van der Waals surface area contributed by atoms with Crippen LogP contribution in [-0.2, 0) is 16.6 Å². The Morgan fingerprint density at radius 3 is 2.31 bits per heavy atom. The van der Waals surface area contributed by atoms with Gasteiger partial charge in [-0.15, -0.1) is 0 Å². The van der Waals surface area contributed by atoms with Gasteiger partial charge in [0.15, 0.2) is 0 Å². The Kier molecular flexibility index (Phi) is 6.04. The summed E-state index contributed by atoms with van der Waals surface area (Å²) in [6, 6.07) is 7.60. The molecule has 2 aromatic rings. The summed E-state index contributed by atoms with van der Waals surface area (Å²) < 4.78 is 32.0. The summed E-state index contributed by atoms with van der Waals surface area (Å²) in [5.74, 6) is 1.42. The Bertz CT molecular complexity index is 888. The van der Waals surface area contributed by atoms with Crippen molar-refractivity contribution in [2.24, 2.45) is 0 Å². The number of sulfonamides is 1. The van der Waals surface area contributed by atoms with E-state index >= 15 is 0 Å². The van der Waals surface area contributed by atoms with Gasteiger partial charge in [0.2, 0.25) is 10.0 Å². The maximum Gasteiger partial charge on any atom is 0.293 e. The van der Waals surface area contributed by atoms with Gasteiger partial charge >= 0.3 is 0 Å². The van der Waals surface area contributed by atoms with Gasteiger partial charge in [0.1, 0.15) is 17.2 Å². The molecule has 0 saturated heterocycles. The zero-order chi connectivity index (χ0) is 19.5. The Labute approximate surface area is 153 Å². The van der Waals surface area contributed by atoms with Gasteiger partial charge in [-0.2, -0.15) is 4.31 Å². The van der Waals surface area contributed by atoms with Gasteiger partial charge in [-0.1, -0.05) is 13.8 Å². The molecule has 0 bridgehead atoms. The highest BCUT2D eigenvalue weighted by atomic mass is 32.2. The normalized spacial score (nSPS) is 11.7. The van der Waals surface area contributed by atoms with Crippen LogP contribution in [0.15, 0.2) is 39.6 Å². The first-order valence-electron chi connectivity index (χ1n) is 8.25. The van der Waals surface area contributed by atoms with Crippen LogP contribution < -0.4 is 4.90 Å². The van der Waals surface area contributed by atoms with Crippen molar-refractivity contribution in [1.29, 1.82) is 0 Å². The smallest absolute Gasteiger partial charge is 0.293 e. The Hall–Kier alpha value is -2.39. The summed E-state index contributed by atoms with van der Waals surface area (Å²) >= 11 is 0. The number of nitro benzene ring substituents is 1. The predicted molar refractivity (Wildman–Crippen MR) is 98.8 cm³/mol. The summed E-state index contributed by atoms with van der Waals surface area (Å²) in [4.78, 5) is 12.5. The quantitative estimate of drug-likeness (QED) is 0.515. The molecule has 0 amide bonds. The average Bonchev–Trinajstić information content (AvgIpc) is 2.99. The van der Waals surface area contributed by atoms with E-state index in [0.29, 0.717) is 31.1 Å². The standard InChI is InChI=1S/C17H23N3O5S/c1-5-19(6-2)26(23,24)15-9-10-16(17(11-15)20(21)22)18(4)12-14-8-7-13(3)25-14/h7-11H,5-6,12H2,1-4H3. The number of rotatable bonds is 8. The highest BCUT2D eigenvalue weighted by molar-refractivity contribution is 7.89. The fourth-order valence-electron chi connectivity index (χ4n) is 2.73. The first-order chi connectivity index (χ1) is 12.2. The van der Waals surface area contributed by atoms with Crippen LogP contribution in [0.3, 0.4) is 0 Å². The second-order valence-corrected chi connectivity index (χ2v) is 7.80. The minimum atomic E-state index is -3.76. The molecule has 0 aliphatic heterocycles. The molecule has 0 radical (unpaired) electrons. The number of aryl methyl sites for hydroxylation is 1. The van der Waals surface area contributed by atoms with E-state index in [1.165, 1.54) is 16.4 Å². The lowest BCUT2D eigenvalue weighted by Crippen LogP contribution is -2.30. The number of hydrogen-bond acceptors (Lipinski definition) is 6. The third-order valence-electron chi connectivity index (χ3n) is 4.09. The molecule has 0 atom stereocenters. The SMILES string of the molecule is CCN(CC)S(=O)(=O)c1ccc(N(C)Cc2ccc(C)o2)c([N+](=O)[O-])c1. The zero-order valence-electron chi connectivity index (χ0n) is 15.3. The largest absolute Gasteiger partial charge is 0.464 e. The molecule has 0 fully saturated rings. The van der Waals surface area contributed by atoms with Gasteiger partial charge in [-0.3, -0.25) is 10.1 Å². The van der Waals surface area contributed by atoms with Crippen LogP contribution in [0.2, 0.25) is 0 Å². The summed E-state index contributed by atoms with van der Waals surface area (Å²) in [6.07, 6.45) is 0. The summed E-state index contributed by atoms with van der Waals surface area (Å²) in [7, 11) is -2.07. The molecule has 0 aliphatic rings. The van der Waals surface area contributed by atoms with Gasteiger partial charge < -0.3 is 9.32 Å². The van der Waals surface area contributed by atoms with Crippen molar-refractivity contribution in [2.75, 3.05) is 25.0 Å². The minimum Gasteiger partial charge on any atom is -0.464 e. The molecule has 1 aromatic heterocycles. The van der Waals surface area contributed by atoms with Crippen LogP contribution in [0.25, 0.3) is 0 Å². The maximum absolute atomic E-state index is 12.6. The second-order valence-electron chi connectivity index (χ2n) is 5.87. The van der Waals surface area contributed by atoms with E-state index in [1.807, 2.05) is 13.0 Å². The van der Waals surface area contributed by atoms with Crippen molar-refractivity contribution >= 4 is 21.4 Å². The molecule has 142 valence electrons. The molecule has 0 saturated carbocycles. The van der Waals surface area contributed by atoms with E-state index in [-0.39, 0.29) is 10.6 Å². The Morgan fingerprint density at radius 2 is 1.81 bits per heavy atom. The van der Waals surface area contributed by atoms with E-state index < -0.39 is 14.9 Å². The minimum absolute atomic E-state index is 0.0844. The third kappa shape index (κ3) is 4.05. The predicted octanol–water partition coefficient (Wildman–Crippen LogP) is 3.16. The molecule has 26 heavy (non-hydrogen) atoms. The summed E-state index contributed by atoms with van der Waals surface area (Å²) in [5.41, 5.74) is 0.0616. The van der Waals surface area contributed by atoms with Gasteiger partial charge in [-0.25, -0.2) is 8.42 Å². The molecule has 0 unspecified atom stereocenters. The number of nitrogens with zero attached hydrogens (tertiary/aromatic N) is 3. The third-order valence-corrected chi connectivity index (χ3v) is 6.13. The van der Waals surface area contributed by atoms with Crippen molar-refractivity contribution in [1.82, 2.24) is 4.31 Å². The van der Waals surface area contributed by atoms with Crippen molar-refractivity contribution in [3.05, 3.63) is 52.0 Å². The second kappa shape index (κ2) is 7.88. The molecule has 9 heteroatoms.